The Morgan fingerprint density at radius 3 is 1.77 bits per heavy atom. The van der Waals surface area contributed by atoms with E-state index in [1.54, 1.807) is 57.7 Å². The van der Waals surface area contributed by atoms with Crippen LogP contribution >= 0.6 is 0 Å². The highest BCUT2D eigenvalue weighted by Crippen LogP contribution is 2.38. The van der Waals surface area contributed by atoms with Crippen LogP contribution in [0.4, 0.5) is 0 Å². The summed E-state index contributed by atoms with van der Waals surface area (Å²) in [5.41, 5.74) is 1.45. The first-order valence-electron chi connectivity index (χ1n) is 9.42. The molecule has 2 aromatic carbocycles. The molecule has 0 saturated carbocycles. The predicted octanol–water partition coefficient (Wildman–Crippen LogP) is 3.54. The topological polar surface area (TPSA) is 81.7 Å². The van der Waals surface area contributed by atoms with Crippen molar-refractivity contribution in [2.24, 2.45) is 0 Å². The molecule has 0 radical (unpaired) electrons. The lowest BCUT2D eigenvalue weighted by atomic mass is 10.1. The van der Waals surface area contributed by atoms with Crippen molar-refractivity contribution in [3.8, 4) is 34.5 Å². The SMILES string of the molecule is COc1cc(OC)c(OC)cc1/C=C/COC(=O)Cc1cc(OC)c(OC)c(OC)c1. The Bertz CT molecular complexity index is 895. The number of hydrogen-bond acceptors (Lipinski definition) is 8. The Kier molecular flexibility index (Phi) is 8.87. The zero-order chi connectivity index (χ0) is 22.8. The molecule has 2 aromatic rings. The number of ether oxygens (including phenoxy) is 7. The summed E-state index contributed by atoms with van der Waals surface area (Å²) >= 11 is 0. The molecular formula is C23H28O8. The molecule has 0 amide bonds. The van der Waals surface area contributed by atoms with Crippen molar-refractivity contribution in [2.75, 3.05) is 49.3 Å². The molecule has 31 heavy (non-hydrogen) atoms. The average molecular weight is 432 g/mol. The van der Waals surface area contributed by atoms with Gasteiger partial charge in [0.2, 0.25) is 5.75 Å². The zero-order valence-electron chi connectivity index (χ0n) is 18.6. The Morgan fingerprint density at radius 1 is 0.710 bits per heavy atom. The van der Waals surface area contributed by atoms with E-state index in [4.69, 9.17) is 33.2 Å². The van der Waals surface area contributed by atoms with Crippen molar-refractivity contribution in [1.29, 1.82) is 0 Å². The lowest BCUT2D eigenvalue weighted by Crippen LogP contribution is -2.08. The largest absolute Gasteiger partial charge is 0.496 e. The molecule has 0 aliphatic carbocycles. The molecule has 0 N–H and O–H groups in total. The van der Waals surface area contributed by atoms with Crippen molar-refractivity contribution in [1.82, 2.24) is 0 Å². The minimum atomic E-state index is -0.391. The zero-order valence-corrected chi connectivity index (χ0v) is 18.6. The third-order valence-corrected chi connectivity index (χ3v) is 4.45. The summed E-state index contributed by atoms with van der Waals surface area (Å²) in [6, 6.07) is 6.95. The van der Waals surface area contributed by atoms with E-state index < -0.39 is 5.97 Å². The summed E-state index contributed by atoms with van der Waals surface area (Å²) in [6.07, 6.45) is 3.56. The highest BCUT2D eigenvalue weighted by Gasteiger charge is 2.15. The van der Waals surface area contributed by atoms with Crippen molar-refractivity contribution in [2.45, 2.75) is 6.42 Å². The van der Waals surface area contributed by atoms with Crippen LogP contribution in [0, 0.1) is 0 Å². The summed E-state index contributed by atoms with van der Waals surface area (Å²) in [4.78, 5) is 12.3. The second-order valence-electron chi connectivity index (χ2n) is 6.24. The smallest absolute Gasteiger partial charge is 0.310 e. The number of carbonyl (C=O) groups is 1. The highest BCUT2D eigenvalue weighted by molar-refractivity contribution is 5.74. The molecule has 0 aliphatic heterocycles. The standard InChI is InChI=1S/C23H28O8/c1-25-17-14-19(27-3)18(26-2)13-16(17)8-7-9-31-22(24)12-15-10-20(28-4)23(30-6)21(11-15)29-5/h7-8,10-11,13-14H,9,12H2,1-6H3/b8-7+. The molecule has 0 atom stereocenters. The first-order valence-corrected chi connectivity index (χ1v) is 9.42. The van der Waals surface area contributed by atoms with E-state index >= 15 is 0 Å². The second-order valence-corrected chi connectivity index (χ2v) is 6.24. The normalized spacial score (nSPS) is 10.5. The molecule has 8 nitrogen and oxygen atoms in total. The first-order chi connectivity index (χ1) is 15.0. The van der Waals surface area contributed by atoms with E-state index in [0.717, 1.165) is 5.56 Å². The van der Waals surface area contributed by atoms with Crippen LogP contribution in [0.3, 0.4) is 0 Å². The fraction of sp³-hybridized carbons (Fsp3) is 0.348. The number of carbonyl (C=O) groups excluding carboxylic acids is 1. The van der Waals surface area contributed by atoms with Gasteiger partial charge in [0.15, 0.2) is 23.0 Å². The van der Waals surface area contributed by atoms with E-state index in [9.17, 15) is 4.79 Å². The quantitative estimate of drug-likeness (QED) is 0.499. The van der Waals surface area contributed by atoms with Crippen LogP contribution in [0.25, 0.3) is 6.08 Å². The van der Waals surface area contributed by atoms with Crippen LogP contribution < -0.4 is 28.4 Å². The number of esters is 1. The van der Waals surface area contributed by atoms with Crippen LogP contribution in [0.5, 0.6) is 34.5 Å². The van der Waals surface area contributed by atoms with Crippen LogP contribution in [0.1, 0.15) is 11.1 Å². The number of rotatable bonds is 11. The van der Waals surface area contributed by atoms with Crippen LogP contribution in [-0.2, 0) is 16.0 Å². The second kappa shape index (κ2) is 11.6. The third kappa shape index (κ3) is 5.97. The van der Waals surface area contributed by atoms with E-state index in [2.05, 4.69) is 0 Å². The molecule has 0 unspecified atom stereocenters. The molecule has 0 aromatic heterocycles. The van der Waals surface area contributed by atoms with Gasteiger partial charge in [-0.1, -0.05) is 6.08 Å². The maximum absolute atomic E-state index is 12.3. The van der Waals surface area contributed by atoms with Crippen LogP contribution in [0.15, 0.2) is 30.3 Å². The molecule has 0 fully saturated rings. The van der Waals surface area contributed by atoms with Gasteiger partial charge < -0.3 is 33.2 Å². The van der Waals surface area contributed by atoms with Crippen LogP contribution in [0.2, 0.25) is 0 Å². The molecule has 0 heterocycles. The van der Waals surface area contributed by atoms with Gasteiger partial charge in [0, 0.05) is 11.6 Å². The first kappa shape index (κ1) is 23.7. The van der Waals surface area contributed by atoms with E-state index in [-0.39, 0.29) is 13.0 Å². The summed E-state index contributed by atoms with van der Waals surface area (Å²) in [5, 5.41) is 0. The van der Waals surface area contributed by atoms with Crippen molar-refractivity contribution < 1.29 is 38.0 Å². The minimum Gasteiger partial charge on any atom is -0.496 e. The molecular weight excluding hydrogens is 404 g/mol. The van der Waals surface area contributed by atoms with Gasteiger partial charge in [-0.25, -0.2) is 0 Å². The van der Waals surface area contributed by atoms with Gasteiger partial charge >= 0.3 is 5.97 Å². The maximum atomic E-state index is 12.3. The summed E-state index contributed by atoms with van der Waals surface area (Å²) in [7, 11) is 9.24. The Morgan fingerprint density at radius 2 is 1.26 bits per heavy atom. The molecule has 8 heteroatoms. The molecule has 0 spiro atoms. The molecule has 0 aliphatic rings. The van der Waals surface area contributed by atoms with Crippen molar-refractivity contribution >= 4 is 12.0 Å². The lowest BCUT2D eigenvalue weighted by Gasteiger charge is -2.14. The highest BCUT2D eigenvalue weighted by atomic mass is 16.5. The van der Waals surface area contributed by atoms with Crippen LogP contribution in [-0.4, -0.2) is 55.2 Å². The maximum Gasteiger partial charge on any atom is 0.310 e. The van der Waals surface area contributed by atoms with E-state index in [1.165, 1.54) is 21.3 Å². The van der Waals surface area contributed by atoms with Gasteiger partial charge in [0.05, 0.1) is 49.1 Å². The summed E-state index contributed by atoms with van der Waals surface area (Å²) in [6.45, 7) is 0.0980. The summed E-state index contributed by atoms with van der Waals surface area (Å²) < 4.78 is 37.2. The number of benzene rings is 2. The lowest BCUT2D eigenvalue weighted by molar-refractivity contribution is -0.141. The molecule has 168 valence electrons. The van der Waals surface area contributed by atoms with Gasteiger partial charge in [-0.15, -0.1) is 0 Å². The molecule has 0 saturated heterocycles. The summed E-state index contributed by atoms with van der Waals surface area (Å²) in [5.74, 6) is 2.77. The monoisotopic (exact) mass is 432 g/mol. The van der Waals surface area contributed by atoms with Crippen molar-refractivity contribution in [3.05, 3.63) is 41.5 Å². The number of methoxy groups -OCH3 is 6. The number of hydrogen-bond donors (Lipinski definition) is 0. The Labute approximate surface area is 182 Å². The van der Waals surface area contributed by atoms with E-state index in [0.29, 0.717) is 40.1 Å². The van der Waals surface area contributed by atoms with Crippen molar-refractivity contribution in [3.63, 3.8) is 0 Å². The average Bonchev–Trinajstić information content (AvgIpc) is 2.80. The van der Waals surface area contributed by atoms with Gasteiger partial charge in [0.25, 0.3) is 0 Å². The van der Waals surface area contributed by atoms with E-state index in [1.807, 2.05) is 0 Å². The fourth-order valence-electron chi connectivity index (χ4n) is 2.95. The van der Waals surface area contributed by atoms with Gasteiger partial charge in [-0.05, 0) is 29.8 Å². The molecule has 2 rings (SSSR count). The van der Waals surface area contributed by atoms with Gasteiger partial charge in [0.1, 0.15) is 12.4 Å². The predicted molar refractivity (Wildman–Crippen MR) is 116 cm³/mol. The Hall–Kier alpha value is -3.55. The fourth-order valence-corrected chi connectivity index (χ4v) is 2.95. The van der Waals surface area contributed by atoms with Gasteiger partial charge in [-0.3, -0.25) is 4.79 Å². The van der Waals surface area contributed by atoms with Gasteiger partial charge in [-0.2, -0.15) is 0 Å². The Balaban J connectivity index is 2.04. The third-order valence-electron chi connectivity index (χ3n) is 4.45. The molecule has 0 bridgehead atoms. The minimum absolute atomic E-state index is 0.0598.